The second-order valence-corrected chi connectivity index (χ2v) is 6.53. The molecule has 0 bridgehead atoms. The van der Waals surface area contributed by atoms with Gasteiger partial charge in [-0.25, -0.2) is 0 Å². The van der Waals surface area contributed by atoms with E-state index in [0.29, 0.717) is 22.8 Å². The van der Waals surface area contributed by atoms with Crippen molar-refractivity contribution in [3.05, 3.63) is 53.6 Å². The maximum Gasteiger partial charge on any atom is 0.310 e. The third-order valence-electron chi connectivity index (χ3n) is 3.26. The maximum absolute atomic E-state index is 11.8. The minimum absolute atomic E-state index is 0.204. The molecule has 0 radical (unpaired) electrons. The molecule has 0 aromatic heterocycles. The normalized spacial score (nSPS) is 10.9. The third-order valence-corrected chi connectivity index (χ3v) is 3.26. The Morgan fingerprint density at radius 2 is 1.68 bits per heavy atom. The van der Waals surface area contributed by atoms with Crippen LogP contribution in [0.15, 0.2) is 42.5 Å². The van der Waals surface area contributed by atoms with Gasteiger partial charge in [0.2, 0.25) is 0 Å². The Kier molecular flexibility index (Phi) is 5.80. The number of ether oxygens (including phenoxy) is 3. The second kappa shape index (κ2) is 7.83. The number of hydrogen-bond acceptors (Lipinski definition) is 5. The van der Waals surface area contributed by atoms with Crippen molar-refractivity contribution >= 4 is 12.3 Å². The number of rotatable bonds is 6. The summed E-state index contributed by atoms with van der Waals surface area (Å²) >= 11 is 0. The number of esters is 1. The van der Waals surface area contributed by atoms with Crippen LogP contribution < -0.4 is 9.47 Å². The van der Waals surface area contributed by atoms with Crippen LogP contribution in [-0.4, -0.2) is 25.0 Å². The molecule has 0 N–H and O–H groups in total. The lowest BCUT2D eigenvalue weighted by Gasteiger charge is -2.19. The van der Waals surface area contributed by atoms with Crippen molar-refractivity contribution in [1.29, 1.82) is 0 Å². The highest BCUT2D eigenvalue weighted by atomic mass is 16.6. The van der Waals surface area contributed by atoms with Gasteiger partial charge in [-0.15, -0.1) is 0 Å². The van der Waals surface area contributed by atoms with Crippen LogP contribution in [0.5, 0.6) is 17.2 Å². The highest BCUT2D eigenvalue weighted by Gasteiger charge is 2.16. The summed E-state index contributed by atoms with van der Waals surface area (Å²) in [6, 6.07) is 12.2. The van der Waals surface area contributed by atoms with Crippen LogP contribution in [-0.2, 0) is 16.0 Å². The lowest BCUT2D eigenvalue weighted by atomic mass is 10.1. The molecule has 0 saturated heterocycles. The molecule has 0 aliphatic rings. The minimum atomic E-state index is -0.495. The van der Waals surface area contributed by atoms with Gasteiger partial charge in [0, 0.05) is 0 Å². The first-order chi connectivity index (χ1) is 11.8. The Morgan fingerprint density at radius 3 is 2.24 bits per heavy atom. The van der Waals surface area contributed by atoms with Crippen molar-refractivity contribution in [3.63, 3.8) is 0 Å². The van der Waals surface area contributed by atoms with Gasteiger partial charge in [0.05, 0.1) is 19.1 Å². The molecule has 5 heteroatoms. The van der Waals surface area contributed by atoms with Crippen LogP contribution in [0.3, 0.4) is 0 Å². The number of benzene rings is 2. The zero-order chi connectivity index (χ0) is 18.4. The number of carbonyl (C=O) groups is 2. The van der Waals surface area contributed by atoms with E-state index in [1.165, 1.54) is 7.11 Å². The number of aldehydes is 1. The van der Waals surface area contributed by atoms with E-state index in [-0.39, 0.29) is 12.4 Å². The zero-order valence-corrected chi connectivity index (χ0v) is 14.9. The van der Waals surface area contributed by atoms with Crippen LogP contribution in [0.1, 0.15) is 36.7 Å². The van der Waals surface area contributed by atoms with Crippen molar-refractivity contribution in [2.45, 2.75) is 32.8 Å². The molecule has 0 saturated carbocycles. The van der Waals surface area contributed by atoms with E-state index in [1.54, 1.807) is 30.3 Å². The van der Waals surface area contributed by atoms with E-state index in [0.717, 1.165) is 11.8 Å². The minimum Gasteiger partial charge on any atom is -0.496 e. The molecule has 2 aromatic carbocycles. The SMILES string of the molecule is COc1ccc(Oc2ccc(CC(=O)OC(C)(C)C)cc2)cc1C=O. The van der Waals surface area contributed by atoms with Gasteiger partial charge < -0.3 is 14.2 Å². The largest absolute Gasteiger partial charge is 0.496 e. The van der Waals surface area contributed by atoms with Gasteiger partial charge >= 0.3 is 5.97 Å². The smallest absolute Gasteiger partial charge is 0.310 e. The standard InChI is InChI=1S/C20H22O5/c1-20(2,3)25-19(22)11-14-5-7-16(8-6-14)24-17-9-10-18(23-4)15(12-17)13-21/h5-10,12-13H,11H2,1-4H3. The topological polar surface area (TPSA) is 61.8 Å². The molecule has 0 aliphatic carbocycles. The molecule has 0 heterocycles. The van der Waals surface area contributed by atoms with Gasteiger partial charge in [-0.1, -0.05) is 12.1 Å². The van der Waals surface area contributed by atoms with E-state index in [2.05, 4.69) is 0 Å². The summed E-state index contributed by atoms with van der Waals surface area (Å²) < 4.78 is 16.1. The fourth-order valence-corrected chi connectivity index (χ4v) is 2.22. The first kappa shape index (κ1) is 18.5. The highest BCUT2D eigenvalue weighted by Crippen LogP contribution is 2.27. The van der Waals surface area contributed by atoms with Crippen molar-refractivity contribution in [2.24, 2.45) is 0 Å². The van der Waals surface area contributed by atoms with Gasteiger partial charge in [0.15, 0.2) is 6.29 Å². The number of methoxy groups -OCH3 is 1. The van der Waals surface area contributed by atoms with Crippen molar-refractivity contribution in [2.75, 3.05) is 7.11 Å². The number of carbonyl (C=O) groups excluding carboxylic acids is 2. The van der Waals surface area contributed by atoms with Gasteiger partial charge in [-0.2, -0.15) is 0 Å². The second-order valence-electron chi connectivity index (χ2n) is 6.53. The molecule has 0 spiro atoms. The summed E-state index contributed by atoms with van der Waals surface area (Å²) in [6.45, 7) is 5.51. The van der Waals surface area contributed by atoms with Crippen molar-refractivity contribution < 1.29 is 23.8 Å². The van der Waals surface area contributed by atoms with E-state index >= 15 is 0 Å². The molecule has 2 aromatic rings. The van der Waals surface area contributed by atoms with Gasteiger partial charge in [-0.05, 0) is 56.7 Å². The summed E-state index contributed by atoms with van der Waals surface area (Å²) in [4.78, 5) is 22.9. The summed E-state index contributed by atoms with van der Waals surface area (Å²) in [5.74, 6) is 1.36. The quantitative estimate of drug-likeness (QED) is 0.582. The summed E-state index contributed by atoms with van der Waals surface area (Å²) in [7, 11) is 1.51. The third kappa shape index (κ3) is 5.64. The predicted octanol–water partition coefficient (Wildman–Crippen LogP) is 4.18. The van der Waals surface area contributed by atoms with Crippen LogP contribution in [0.2, 0.25) is 0 Å². The van der Waals surface area contributed by atoms with Crippen molar-refractivity contribution in [3.8, 4) is 17.2 Å². The predicted molar refractivity (Wildman–Crippen MR) is 94.4 cm³/mol. The van der Waals surface area contributed by atoms with E-state index in [4.69, 9.17) is 14.2 Å². The van der Waals surface area contributed by atoms with Crippen LogP contribution in [0, 0.1) is 0 Å². The Bertz CT molecular complexity index is 742. The Morgan fingerprint density at radius 1 is 1.04 bits per heavy atom. The lowest BCUT2D eigenvalue weighted by Crippen LogP contribution is -2.24. The molecule has 2 rings (SSSR count). The Hall–Kier alpha value is -2.82. The van der Waals surface area contributed by atoms with E-state index < -0.39 is 5.60 Å². The lowest BCUT2D eigenvalue weighted by molar-refractivity contribution is -0.153. The Balaban J connectivity index is 2.03. The van der Waals surface area contributed by atoms with E-state index in [9.17, 15) is 9.59 Å². The Labute approximate surface area is 147 Å². The average Bonchev–Trinajstić information content (AvgIpc) is 2.54. The van der Waals surface area contributed by atoms with E-state index in [1.807, 2.05) is 32.9 Å². The van der Waals surface area contributed by atoms with Crippen LogP contribution in [0.25, 0.3) is 0 Å². The fraction of sp³-hybridized carbons (Fsp3) is 0.300. The first-order valence-corrected chi connectivity index (χ1v) is 7.92. The average molecular weight is 342 g/mol. The maximum atomic E-state index is 11.8. The molecule has 5 nitrogen and oxygen atoms in total. The molecule has 0 unspecified atom stereocenters. The van der Waals surface area contributed by atoms with Crippen molar-refractivity contribution in [1.82, 2.24) is 0 Å². The molecular weight excluding hydrogens is 320 g/mol. The molecular formula is C20H22O5. The molecule has 0 atom stereocenters. The molecule has 132 valence electrons. The fourth-order valence-electron chi connectivity index (χ4n) is 2.22. The molecule has 0 aliphatic heterocycles. The van der Waals surface area contributed by atoms with Crippen LogP contribution >= 0.6 is 0 Å². The molecule has 25 heavy (non-hydrogen) atoms. The summed E-state index contributed by atoms with van der Waals surface area (Å²) in [5, 5.41) is 0. The van der Waals surface area contributed by atoms with Gasteiger partial charge in [-0.3, -0.25) is 9.59 Å². The first-order valence-electron chi connectivity index (χ1n) is 7.92. The van der Waals surface area contributed by atoms with Gasteiger partial charge in [0.1, 0.15) is 22.8 Å². The summed E-state index contributed by atoms with van der Waals surface area (Å²) in [5.41, 5.74) is 0.761. The molecule has 0 amide bonds. The monoisotopic (exact) mass is 342 g/mol. The van der Waals surface area contributed by atoms with Gasteiger partial charge in [0.25, 0.3) is 0 Å². The molecule has 0 fully saturated rings. The number of hydrogen-bond donors (Lipinski definition) is 0. The van der Waals surface area contributed by atoms with Crippen LogP contribution in [0.4, 0.5) is 0 Å². The summed E-state index contributed by atoms with van der Waals surface area (Å²) in [6.07, 6.45) is 0.922. The zero-order valence-electron chi connectivity index (χ0n) is 14.9. The highest BCUT2D eigenvalue weighted by molar-refractivity contribution is 5.80.